The molecule has 0 saturated heterocycles. The number of halogens is 2. The number of benzene rings is 2. The van der Waals surface area contributed by atoms with Crippen LogP contribution in [0.3, 0.4) is 0 Å². The van der Waals surface area contributed by atoms with Crippen molar-refractivity contribution in [2.24, 2.45) is 10.9 Å². The molecule has 0 heterocycles. The van der Waals surface area contributed by atoms with Gasteiger partial charge in [0.25, 0.3) is 0 Å². The highest BCUT2D eigenvalue weighted by Gasteiger charge is 2.11. The number of hydrogen-bond donors (Lipinski definition) is 1. The molecule has 0 fully saturated rings. The van der Waals surface area contributed by atoms with Gasteiger partial charge in [0.2, 0.25) is 0 Å². The molecule has 17 heavy (non-hydrogen) atoms. The molecule has 2 aromatic carbocycles. The van der Waals surface area contributed by atoms with E-state index < -0.39 is 6.61 Å². The molecule has 0 saturated carbocycles. The first-order chi connectivity index (χ1) is 8.22. The largest absolute Gasteiger partial charge is 0.434 e. The Balaban J connectivity index is 2.63. The first-order valence-electron chi connectivity index (χ1n) is 4.92. The number of alkyl halides is 2. The van der Waals surface area contributed by atoms with E-state index in [0.717, 1.165) is 10.8 Å². The van der Waals surface area contributed by atoms with Crippen molar-refractivity contribution in [3.05, 3.63) is 42.0 Å². The van der Waals surface area contributed by atoms with Gasteiger partial charge in [-0.05, 0) is 16.8 Å². The normalized spacial score (nSPS) is 11.5. The SMILES string of the molecule is N/N=C\c1c(OC(F)F)ccc2ccccc12. The summed E-state index contributed by atoms with van der Waals surface area (Å²) < 4.78 is 28.9. The van der Waals surface area contributed by atoms with E-state index >= 15 is 0 Å². The summed E-state index contributed by atoms with van der Waals surface area (Å²) in [4.78, 5) is 0. The average Bonchev–Trinajstić information content (AvgIpc) is 2.32. The minimum absolute atomic E-state index is 0.0629. The Hall–Kier alpha value is -2.17. The number of hydrogen-bond acceptors (Lipinski definition) is 3. The standard InChI is InChI=1S/C12H10F2N2O/c13-12(14)17-11-6-5-8-3-1-2-4-9(8)10(11)7-16-15/h1-7,12H,15H2/b16-7-. The van der Waals surface area contributed by atoms with Crippen molar-refractivity contribution in [1.29, 1.82) is 0 Å². The number of hydrazone groups is 1. The Kier molecular flexibility index (Phi) is 3.18. The zero-order chi connectivity index (χ0) is 12.3. The van der Waals surface area contributed by atoms with Gasteiger partial charge >= 0.3 is 6.61 Å². The van der Waals surface area contributed by atoms with Crippen molar-refractivity contribution in [2.45, 2.75) is 6.61 Å². The quantitative estimate of drug-likeness (QED) is 0.506. The minimum Gasteiger partial charge on any atom is -0.434 e. The Labute approximate surface area is 96.5 Å². The molecule has 0 radical (unpaired) electrons. The molecule has 2 N–H and O–H groups in total. The summed E-state index contributed by atoms with van der Waals surface area (Å²) in [6, 6.07) is 10.5. The molecule has 0 aliphatic carbocycles. The maximum Gasteiger partial charge on any atom is 0.387 e. The fourth-order valence-electron chi connectivity index (χ4n) is 1.68. The topological polar surface area (TPSA) is 47.6 Å². The van der Waals surface area contributed by atoms with Gasteiger partial charge in [-0.15, -0.1) is 0 Å². The molecule has 3 nitrogen and oxygen atoms in total. The molecule has 0 unspecified atom stereocenters. The van der Waals surface area contributed by atoms with E-state index in [0.29, 0.717) is 5.56 Å². The van der Waals surface area contributed by atoms with E-state index in [1.165, 1.54) is 12.3 Å². The first-order valence-corrected chi connectivity index (χ1v) is 4.92. The second-order valence-corrected chi connectivity index (χ2v) is 3.36. The molecular formula is C12H10F2N2O. The lowest BCUT2D eigenvalue weighted by atomic mass is 10.0. The zero-order valence-electron chi connectivity index (χ0n) is 8.81. The fourth-order valence-corrected chi connectivity index (χ4v) is 1.68. The highest BCUT2D eigenvalue weighted by atomic mass is 19.3. The third-order valence-corrected chi connectivity index (χ3v) is 2.35. The molecule has 88 valence electrons. The van der Waals surface area contributed by atoms with Gasteiger partial charge in [0.05, 0.1) is 6.21 Å². The number of nitrogens with two attached hydrogens (primary N) is 1. The Bertz CT molecular complexity index is 555. The lowest BCUT2D eigenvalue weighted by molar-refractivity contribution is -0.0498. The van der Waals surface area contributed by atoms with E-state index in [2.05, 4.69) is 9.84 Å². The molecule has 0 aliphatic heterocycles. The van der Waals surface area contributed by atoms with Crippen LogP contribution in [0.4, 0.5) is 8.78 Å². The predicted octanol–water partition coefficient (Wildman–Crippen LogP) is 2.73. The number of rotatable bonds is 3. The molecule has 5 heteroatoms. The molecule has 0 amide bonds. The van der Waals surface area contributed by atoms with Gasteiger partial charge in [-0.3, -0.25) is 0 Å². The van der Waals surface area contributed by atoms with Crippen LogP contribution in [-0.4, -0.2) is 12.8 Å². The fraction of sp³-hybridized carbons (Fsp3) is 0.0833. The second kappa shape index (κ2) is 4.78. The average molecular weight is 236 g/mol. The van der Waals surface area contributed by atoms with Gasteiger partial charge in [-0.1, -0.05) is 30.3 Å². The van der Waals surface area contributed by atoms with Gasteiger partial charge in [-0.2, -0.15) is 13.9 Å². The monoisotopic (exact) mass is 236 g/mol. The number of nitrogens with zero attached hydrogens (tertiary/aromatic N) is 1. The Morgan fingerprint density at radius 2 is 1.94 bits per heavy atom. The summed E-state index contributed by atoms with van der Waals surface area (Å²) >= 11 is 0. The van der Waals surface area contributed by atoms with Gasteiger partial charge in [0.1, 0.15) is 5.75 Å². The Morgan fingerprint density at radius 3 is 2.65 bits per heavy atom. The van der Waals surface area contributed by atoms with E-state index in [1.54, 1.807) is 12.1 Å². The zero-order valence-corrected chi connectivity index (χ0v) is 8.81. The number of fused-ring (bicyclic) bond motifs is 1. The first kappa shape index (κ1) is 11.3. The molecule has 0 aromatic heterocycles. The summed E-state index contributed by atoms with van der Waals surface area (Å²) in [5.41, 5.74) is 0.450. The van der Waals surface area contributed by atoms with E-state index in [9.17, 15) is 8.78 Å². The molecule has 0 spiro atoms. The molecule has 2 aromatic rings. The van der Waals surface area contributed by atoms with Crippen LogP contribution in [0.15, 0.2) is 41.5 Å². The maximum absolute atomic E-state index is 12.2. The highest BCUT2D eigenvalue weighted by Crippen LogP contribution is 2.27. The predicted molar refractivity (Wildman–Crippen MR) is 62.4 cm³/mol. The molecule has 0 aliphatic rings. The highest BCUT2D eigenvalue weighted by molar-refractivity contribution is 6.02. The van der Waals surface area contributed by atoms with Crippen molar-refractivity contribution in [2.75, 3.05) is 0 Å². The minimum atomic E-state index is -2.87. The van der Waals surface area contributed by atoms with Crippen molar-refractivity contribution in [3.63, 3.8) is 0 Å². The summed E-state index contributed by atoms with van der Waals surface area (Å²) in [5.74, 6) is 5.14. The van der Waals surface area contributed by atoms with Crippen molar-refractivity contribution >= 4 is 17.0 Å². The third kappa shape index (κ3) is 2.33. The summed E-state index contributed by atoms with van der Waals surface area (Å²) in [6.45, 7) is -2.87. The van der Waals surface area contributed by atoms with Crippen LogP contribution in [0, 0.1) is 0 Å². The molecular weight excluding hydrogens is 226 g/mol. The van der Waals surface area contributed by atoms with Gasteiger partial charge in [0, 0.05) is 5.56 Å². The summed E-state index contributed by atoms with van der Waals surface area (Å²) in [7, 11) is 0. The van der Waals surface area contributed by atoms with Crippen molar-refractivity contribution < 1.29 is 13.5 Å². The lowest BCUT2D eigenvalue weighted by Gasteiger charge is -2.10. The van der Waals surface area contributed by atoms with E-state index in [1.807, 2.05) is 18.2 Å². The second-order valence-electron chi connectivity index (χ2n) is 3.36. The molecule has 0 bridgehead atoms. The summed E-state index contributed by atoms with van der Waals surface area (Å²) in [5, 5.41) is 5.04. The van der Waals surface area contributed by atoms with Crippen molar-refractivity contribution in [1.82, 2.24) is 0 Å². The van der Waals surface area contributed by atoms with Crippen molar-refractivity contribution in [3.8, 4) is 5.75 Å². The number of ether oxygens (including phenoxy) is 1. The molecule has 2 rings (SSSR count). The van der Waals surface area contributed by atoms with E-state index in [-0.39, 0.29) is 5.75 Å². The van der Waals surface area contributed by atoms with Gasteiger partial charge < -0.3 is 10.6 Å². The Morgan fingerprint density at radius 1 is 1.18 bits per heavy atom. The van der Waals surface area contributed by atoms with Crippen LogP contribution in [0.1, 0.15) is 5.56 Å². The summed E-state index contributed by atoms with van der Waals surface area (Å²) in [6.07, 6.45) is 1.31. The van der Waals surface area contributed by atoms with Crippen LogP contribution < -0.4 is 10.6 Å². The smallest absolute Gasteiger partial charge is 0.387 e. The van der Waals surface area contributed by atoms with E-state index in [4.69, 9.17) is 5.84 Å². The van der Waals surface area contributed by atoms with Crippen LogP contribution in [0.5, 0.6) is 5.75 Å². The van der Waals surface area contributed by atoms with Gasteiger partial charge in [-0.25, -0.2) is 0 Å². The maximum atomic E-state index is 12.2. The third-order valence-electron chi connectivity index (χ3n) is 2.35. The van der Waals surface area contributed by atoms with Crippen LogP contribution in [0.2, 0.25) is 0 Å². The molecule has 0 atom stereocenters. The van der Waals surface area contributed by atoms with Crippen LogP contribution >= 0.6 is 0 Å². The van der Waals surface area contributed by atoms with Crippen LogP contribution in [-0.2, 0) is 0 Å². The lowest BCUT2D eigenvalue weighted by Crippen LogP contribution is -2.05. The van der Waals surface area contributed by atoms with Crippen LogP contribution in [0.25, 0.3) is 10.8 Å². The van der Waals surface area contributed by atoms with Gasteiger partial charge in [0.15, 0.2) is 0 Å².